The summed E-state index contributed by atoms with van der Waals surface area (Å²) >= 11 is 12.0. The van der Waals surface area contributed by atoms with E-state index >= 15 is 0 Å². The summed E-state index contributed by atoms with van der Waals surface area (Å²) in [6.45, 7) is 0.316. The smallest absolute Gasteiger partial charge is 0.238 e. The molecule has 1 amide bonds. The molecule has 2 aliphatic rings. The Bertz CT molecular complexity index is 1110. The van der Waals surface area contributed by atoms with Gasteiger partial charge >= 0.3 is 0 Å². The number of fused-ring (bicyclic) bond motifs is 1. The Kier molecular flexibility index (Phi) is 7.01. The van der Waals surface area contributed by atoms with Gasteiger partial charge in [0.2, 0.25) is 5.91 Å². The van der Waals surface area contributed by atoms with Crippen LogP contribution in [-0.4, -0.2) is 30.4 Å². The summed E-state index contributed by atoms with van der Waals surface area (Å²) in [7, 11) is 2.01. The molecule has 4 nitrogen and oxygen atoms in total. The molecule has 0 bridgehead atoms. The first-order chi connectivity index (χ1) is 15.4. The second kappa shape index (κ2) is 9.92. The average molecular weight is 466 g/mol. The number of nitriles is 1. The van der Waals surface area contributed by atoms with Crippen molar-refractivity contribution < 1.29 is 4.79 Å². The van der Waals surface area contributed by atoms with Gasteiger partial charge in [0.1, 0.15) is 0 Å². The second-order valence-corrected chi connectivity index (χ2v) is 9.45. The average Bonchev–Trinajstić information content (AvgIpc) is 3.06. The van der Waals surface area contributed by atoms with Crippen molar-refractivity contribution in [2.75, 3.05) is 18.9 Å². The summed E-state index contributed by atoms with van der Waals surface area (Å²) < 4.78 is 0. The van der Waals surface area contributed by atoms with Gasteiger partial charge in [0, 0.05) is 21.8 Å². The molecule has 2 aromatic carbocycles. The van der Waals surface area contributed by atoms with Gasteiger partial charge in [-0.3, -0.25) is 9.69 Å². The third-order valence-electron chi connectivity index (χ3n) is 6.34. The minimum atomic E-state index is -0.0773. The fourth-order valence-electron chi connectivity index (χ4n) is 4.68. The lowest BCUT2D eigenvalue weighted by molar-refractivity contribution is -0.117. The van der Waals surface area contributed by atoms with E-state index in [9.17, 15) is 10.1 Å². The molecular formula is C26H25Cl2N3O. The van der Waals surface area contributed by atoms with Crippen LogP contribution in [0.1, 0.15) is 36.8 Å². The van der Waals surface area contributed by atoms with Gasteiger partial charge in [-0.2, -0.15) is 5.26 Å². The highest BCUT2D eigenvalue weighted by Crippen LogP contribution is 2.40. The molecule has 6 heteroatoms. The number of benzene rings is 2. The summed E-state index contributed by atoms with van der Waals surface area (Å²) in [5.74, 6) is 0.455. The van der Waals surface area contributed by atoms with Crippen LogP contribution in [0, 0.1) is 17.2 Å². The van der Waals surface area contributed by atoms with Crippen LogP contribution in [0.25, 0.3) is 5.57 Å². The fraction of sp³-hybridized carbons (Fsp3) is 0.308. The molecule has 2 unspecified atom stereocenters. The van der Waals surface area contributed by atoms with Gasteiger partial charge in [-0.25, -0.2) is 0 Å². The van der Waals surface area contributed by atoms with Gasteiger partial charge in [0.25, 0.3) is 0 Å². The van der Waals surface area contributed by atoms with E-state index in [0.717, 1.165) is 31.2 Å². The maximum atomic E-state index is 12.5. The first-order valence-electron chi connectivity index (χ1n) is 10.8. The maximum absolute atomic E-state index is 12.5. The van der Waals surface area contributed by atoms with E-state index < -0.39 is 0 Å². The predicted octanol–water partition coefficient (Wildman–Crippen LogP) is 6.32. The summed E-state index contributed by atoms with van der Waals surface area (Å²) in [4.78, 5) is 14.7. The number of nitrogens with one attached hydrogen (secondary N) is 1. The summed E-state index contributed by atoms with van der Waals surface area (Å²) in [6, 6.07) is 15.4. The second-order valence-electron chi connectivity index (χ2n) is 8.58. The Morgan fingerprint density at radius 3 is 2.72 bits per heavy atom. The molecule has 1 fully saturated rings. The number of rotatable bonds is 5. The molecule has 0 aromatic heterocycles. The van der Waals surface area contributed by atoms with Gasteiger partial charge in [-0.1, -0.05) is 53.1 Å². The minimum absolute atomic E-state index is 0.0773. The molecule has 164 valence electrons. The normalized spacial score (nSPS) is 20.1. The molecule has 1 N–H and O–H groups in total. The van der Waals surface area contributed by atoms with Gasteiger partial charge in [-0.15, -0.1) is 0 Å². The van der Waals surface area contributed by atoms with E-state index in [2.05, 4.69) is 34.5 Å². The molecule has 0 radical (unpaired) electrons. The predicted molar refractivity (Wildman–Crippen MR) is 131 cm³/mol. The van der Waals surface area contributed by atoms with Crippen LogP contribution in [0.5, 0.6) is 0 Å². The van der Waals surface area contributed by atoms with E-state index in [0.29, 0.717) is 39.8 Å². The summed E-state index contributed by atoms with van der Waals surface area (Å²) in [6.07, 6.45) is 8.58. The van der Waals surface area contributed by atoms with Crippen LogP contribution in [0.15, 0.2) is 60.2 Å². The number of anilines is 1. The zero-order valence-corrected chi connectivity index (χ0v) is 19.5. The van der Waals surface area contributed by atoms with Crippen molar-refractivity contribution in [3.05, 3.63) is 81.4 Å². The van der Waals surface area contributed by atoms with E-state index in [1.807, 2.05) is 25.2 Å². The standard InChI is InChI=1S/C26H25Cl2N3O/c1-31(16-26(32)30-24-13-22(27)12-23(28)14-24)25-10-20-7-5-18(6-8-21(20)11-25)19-4-2-3-17(9-19)15-29/h2-5,7,9,12-14,21,25H,6,8,10-11,16H2,1H3,(H,30,32). The van der Waals surface area contributed by atoms with E-state index in [1.165, 1.54) is 11.1 Å². The first-order valence-corrected chi connectivity index (χ1v) is 11.5. The van der Waals surface area contributed by atoms with Crippen LogP contribution in [0.4, 0.5) is 5.69 Å². The maximum Gasteiger partial charge on any atom is 0.238 e. The Morgan fingerprint density at radius 2 is 1.97 bits per heavy atom. The number of likely N-dealkylation sites (N-methyl/N-ethyl adjacent to an activating group) is 1. The largest absolute Gasteiger partial charge is 0.325 e. The first kappa shape index (κ1) is 22.6. The number of carbonyl (C=O) groups excluding carboxylic acids is 1. The number of carbonyl (C=O) groups is 1. The van der Waals surface area contributed by atoms with Crippen LogP contribution < -0.4 is 5.32 Å². The van der Waals surface area contributed by atoms with Gasteiger partial charge in [0.15, 0.2) is 0 Å². The highest BCUT2D eigenvalue weighted by Gasteiger charge is 2.32. The van der Waals surface area contributed by atoms with Crippen molar-refractivity contribution in [3.63, 3.8) is 0 Å². The van der Waals surface area contributed by atoms with Crippen LogP contribution in [-0.2, 0) is 4.79 Å². The zero-order chi connectivity index (χ0) is 22.7. The summed E-state index contributed by atoms with van der Waals surface area (Å²) in [5, 5.41) is 13.1. The SMILES string of the molecule is CN(CC(=O)Nc1cc(Cl)cc(Cl)c1)C1CC2=CC=C(c3cccc(C#N)c3)CCC2C1. The van der Waals surface area contributed by atoms with Crippen molar-refractivity contribution >= 4 is 40.4 Å². The molecule has 0 aliphatic heterocycles. The lowest BCUT2D eigenvalue weighted by Crippen LogP contribution is -2.36. The molecular weight excluding hydrogens is 441 g/mol. The van der Waals surface area contributed by atoms with Gasteiger partial charge in [-0.05, 0) is 80.1 Å². The molecule has 4 rings (SSSR count). The molecule has 2 aromatic rings. The lowest BCUT2D eigenvalue weighted by atomic mass is 9.94. The topological polar surface area (TPSA) is 56.1 Å². The highest BCUT2D eigenvalue weighted by atomic mass is 35.5. The third kappa shape index (κ3) is 5.42. The fourth-order valence-corrected chi connectivity index (χ4v) is 5.20. The van der Waals surface area contributed by atoms with Crippen molar-refractivity contribution in [2.24, 2.45) is 5.92 Å². The molecule has 2 atom stereocenters. The van der Waals surface area contributed by atoms with Crippen molar-refractivity contribution in [1.29, 1.82) is 5.26 Å². The Balaban J connectivity index is 1.38. The van der Waals surface area contributed by atoms with Crippen molar-refractivity contribution in [2.45, 2.75) is 31.7 Å². The van der Waals surface area contributed by atoms with E-state index in [-0.39, 0.29) is 5.91 Å². The quantitative estimate of drug-likeness (QED) is 0.561. The van der Waals surface area contributed by atoms with E-state index in [4.69, 9.17) is 23.2 Å². The number of halogens is 2. The van der Waals surface area contributed by atoms with Gasteiger partial charge in [0.05, 0.1) is 18.2 Å². The molecule has 0 spiro atoms. The molecule has 2 aliphatic carbocycles. The Hall–Kier alpha value is -2.58. The van der Waals surface area contributed by atoms with Crippen LogP contribution in [0.2, 0.25) is 10.0 Å². The highest BCUT2D eigenvalue weighted by molar-refractivity contribution is 6.35. The number of amides is 1. The number of nitrogens with zero attached hydrogens (tertiary/aromatic N) is 2. The molecule has 0 heterocycles. The van der Waals surface area contributed by atoms with Crippen molar-refractivity contribution in [3.8, 4) is 6.07 Å². The van der Waals surface area contributed by atoms with Gasteiger partial charge < -0.3 is 5.32 Å². The van der Waals surface area contributed by atoms with Crippen LogP contribution in [0.3, 0.4) is 0 Å². The van der Waals surface area contributed by atoms with Crippen LogP contribution >= 0.6 is 23.2 Å². The minimum Gasteiger partial charge on any atom is -0.325 e. The molecule has 1 saturated carbocycles. The third-order valence-corrected chi connectivity index (χ3v) is 6.77. The zero-order valence-electron chi connectivity index (χ0n) is 17.9. The lowest BCUT2D eigenvalue weighted by Gasteiger charge is -2.23. The van der Waals surface area contributed by atoms with E-state index in [1.54, 1.807) is 18.2 Å². The molecule has 0 saturated heterocycles. The van der Waals surface area contributed by atoms with Crippen molar-refractivity contribution in [1.82, 2.24) is 4.90 Å². The Morgan fingerprint density at radius 1 is 1.19 bits per heavy atom. The number of allylic oxidation sites excluding steroid dienone is 3. The molecule has 32 heavy (non-hydrogen) atoms. The monoisotopic (exact) mass is 465 g/mol. The number of hydrogen-bond acceptors (Lipinski definition) is 3. The number of hydrogen-bond donors (Lipinski definition) is 1. The Labute approximate surface area is 199 Å². The summed E-state index contributed by atoms with van der Waals surface area (Å²) in [5.41, 5.74) is 5.18.